The fourth-order valence-electron chi connectivity index (χ4n) is 6.27. The molecule has 3 heteroatoms. The molecule has 0 saturated heterocycles. The third kappa shape index (κ3) is 4.49. The summed E-state index contributed by atoms with van der Waals surface area (Å²) in [6.07, 6.45) is 14.7. The first-order chi connectivity index (χ1) is 14.1. The van der Waals surface area contributed by atoms with Gasteiger partial charge in [0.2, 0.25) is 5.82 Å². The van der Waals surface area contributed by atoms with Crippen molar-refractivity contribution in [3.05, 3.63) is 28.8 Å². The van der Waals surface area contributed by atoms with Crippen LogP contribution in [0.1, 0.15) is 108 Å². The average molecular weight is 405 g/mol. The number of aryl methyl sites for hydroxylation is 1. The first-order valence-corrected chi connectivity index (χ1v) is 12.3. The van der Waals surface area contributed by atoms with Crippen LogP contribution in [0.15, 0.2) is 6.07 Å². The van der Waals surface area contributed by atoms with E-state index in [2.05, 4.69) is 13.8 Å². The van der Waals surface area contributed by atoms with Crippen LogP contribution in [0.25, 0.3) is 0 Å². The lowest BCUT2D eigenvalue weighted by molar-refractivity contribution is 0.0715. The van der Waals surface area contributed by atoms with E-state index in [4.69, 9.17) is 4.74 Å². The molecule has 0 amide bonds. The van der Waals surface area contributed by atoms with E-state index < -0.39 is 11.6 Å². The van der Waals surface area contributed by atoms with Gasteiger partial charge in [-0.25, -0.2) is 4.39 Å². The van der Waals surface area contributed by atoms with Crippen LogP contribution >= 0.6 is 0 Å². The molecule has 0 spiro atoms. The molecular formula is C26H38F2O. The van der Waals surface area contributed by atoms with Gasteiger partial charge < -0.3 is 4.74 Å². The van der Waals surface area contributed by atoms with Gasteiger partial charge in [-0.15, -0.1) is 0 Å². The Balaban J connectivity index is 1.46. The van der Waals surface area contributed by atoms with Crippen LogP contribution in [-0.4, -0.2) is 6.10 Å². The Bertz CT molecular complexity index is 684. The summed E-state index contributed by atoms with van der Waals surface area (Å²) in [7, 11) is 0. The van der Waals surface area contributed by atoms with Crippen LogP contribution < -0.4 is 4.74 Å². The van der Waals surface area contributed by atoms with Gasteiger partial charge in [0, 0.05) is 0 Å². The second kappa shape index (κ2) is 9.35. The van der Waals surface area contributed by atoms with Crippen molar-refractivity contribution in [2.24, 2.45) is 17.8 Å². The molecule has 0 bridgehead atoms. The molecule has 162 valence electrons. The Morgan fingerprint density at radius 1 is 0.862 bits per heavy atom. The van der Waals surface area contributed by atoms with Crippen molar-refractivity contribution in [2.45, 2.75) is 109 Å². The molecule has 1 heterocycles. The SMILES string of the molecule is CCCC1CCC(c2cc3c(c(F)c2F)OC(C2CCC(CC)CC2)CC3)CC1. The number of hydrogen-bond donors (Lipinski definition) is 0. The van der Waals surface area contributed by atoms with Crippen LogP contribution in [0, 0.1) is 29.4 Å². The first-order valence-electron chi connectivity index (χ1n) is 12.3. The number of halogens is 2. The summed E-state index contributed by atoms with van der Waals surface area (Å²) in [6.45, 7) is 4.50. The van der Waals surface area contributed by atoms with E-state index in [1.54, 1.807) is 0 Å². The zero-order chi connectivity index (χ0) is 20.4. The normalized spacial score (nSPS) is 32.5. The van der Waals surface area contributed by atoms with Gasteiger partial charge in [-0.1, -0.05) is 46.0 Å². The lowest BCUT2D eigenvalue weighted by Crippen LogP contribution is -2.34. The van der Waals surface area contributed by atoms with Crippen molar-refractivity contribution in [3.8, 4) is 5.75 Å². The molecule has 0 aromatic heterocycles. The summed E-state index contributed by atoms with van der Waals surface area (Å²) in [5.41, 5.74) is 1.51. The molecule has 3 aliphatic rings. The smallest absolute Gasteiger partial charge is 0.201 e. The Labute approximate surface area is 175 Å². The second-order valence-corrected chi connectivity index (χ2v) is 9.97. The van der Waals surface area contributed by atoms with Crippen molar-refractivity contribution in [3.63, 3.8) is 0 Å². The minimum Gasteiger partial charge on any atom is -0.487 e. The van der Waals surface area contributed by atoms with Gasteiger partial charge in [0.1, 0.15) is 6.10 Å². The fraction of sp³-hybridized carbons (Fsp3) is 0.769. The van der Waals surface area contributed by atoms with Crippen molar-refractivity contribution >= 4 is 0 Å². The van der Waals surface area contributed by atoms with Crippen molar-refractivity contribution in [1.82, 2.24) is 0 Å². The van der Waals surface area contributed by atoms with Crippen LogP contribution in [0.3, 0.4) is 0 Å². The summed E-state index contributed by atoms with van der Waals surface area (Å²) in [5.74, 6) is 1.14. The Kier molecular flexibility index (Phi) is 6.81. The number of ether oxygens (including phenoxy) is 1. The summed E-state index contributed by atoms with van der Waals surface area (Å²) < 4.78 is 36.2. The van der Waals surface area contributed by atoms with Gasteiger partial charge in [0.25, 0.3) is 0 Å². The molecule has 1 nitrogen and oxygen atoms in total. The van der Waals surface area contributed by atoms with E-state index in [-0.39, 0.29) is 17.8 Å². The number of benzene rings is 1. The predicted octanol–water partition coefficient (Wildman–Crippen LogP) is 7.95. The first kappa shape index (κ1) is 21.1. The van der Waals surface area contributed by atoms with E-state index in [1.165, 1.54) is 44.9 Å². The van der Waals surface area contributed by atoms with Gasteiger partial charge in [-0.05, 0) is 92.2 Å². The van der Waals surface area contributed by atoms with Crippen LogP contribution in [0.5, 0.6) is 5.75 Å². The minimum absolute atomic E-state index is 0.0598. The number of fused-ring (bicyclic) bond motifs is 1. The molecule has 2 saturated carbocycles. The molecule has 1 unspecified atom stereocenters. The molecule has 0 N–H and O–H groups in total. The third-order valence-electron chi connectivity index (χ3n) is 8.21. The van der Waals surface area contributed by atoms with E-state index in [0.29, 0.717) is 11.5 Å². The van der Waals surface area contributed by atoms with E-state index in [0.717, 1.165) is 55.9 Å². The van der Waals surface area contributed by atoms with E-state index in [1.807, 2.05) is 6.07 Å². The number of rotatable bonds is 5. The van der Waals surface area contributed by atoms with Crippen molar-refractivity contribution in [2.75, 3.05) is 0 Å². The highest BCUT2D eigenvalue weighted by molar-refractivity contribution is 5.43. The third-order valence-corrected chi connectivity index (χ3v) is 8.21. The quantitative estimate of drug-likeness (QED) is 0.484. The molecule has 2 aliphatic carbocycles. The van der Waals surface area contributed by atoms with Crippen molar-refractivity contribution in [1.29, 1.82) is 0 Å². The zero-order valence-corrected chi connectivity index (χ0v) is 18.3. The second-order valence-electron chi connectivity index (χ2n) is 9.97. The molecular weight excluding hydrogens is 366 g/mol. The molecule has 4 rings (SSSR count). The van der Waals surface area contributed by atoms with Crippen LogP contribution in [-0.2, 0) is 6.42 Å². The molecule has 1 aromatic rings. The minimum atomic E-state index is -0.722. The van der Waals surface area contributed by atoms with Gasteiger partial charge >= 0.3 is 0 Å². The fourth-order valence-corrected chi connectivity index (χ4v) is 6.27. The molecule has 1 aliphatic heterocycles. The van der Waals surface area contributed by atoms with Gasteiger partial charge in [0.15, 0.2) is 11.6 Å². The van der Waals surface area contributed by atoms with E-state index >= 15 is 8.78 Å². The predicted molar refractivity (Wildman–Crippen MR) is 114 cm³/mol. The molecule has 2 fully saturated rings. The van der Waals surface area contributed by atoms with Gasteiger partial charge in [0.05, 0.1) is 0 Å². The maximum atomic E-state index is 15.1. The largest absolute Gasteiger partial charge is 0.487 e. The van der Waals surface area contributed by atoms with Crippen LogP contribution in [0.4, 0.5) is 8.78 Å². The Morgan fingerprint density at radius 3 is 2.21 bits per heavy atom. The lowest BCUT2D eigenvalue weighted by Gasteiger charge is -2.37. The average Bonchev–Trinajstić information content (AvgIpc) is 2.77. The van der Waals surface area contributed by atoms with Gasteiger partial charge in [-0.2, -0.15) is 4.39 Å². The topological polar surface area (TPSA) is 9.23 Å². The number of hydrogen-bond acceptors (Lipinski definition) is 1. The van der Waals surface area contributed by atoms with Crippen LogP contribution in [0.2, 0.25) is 0 Å². The molecule has 1 aromatic carbocycles. The highest BCUT2D eigenvalue weighted by Gasteiger charge is 2.35. The maximum Gasteiger partial charge on any atom is 0.201 e. The molecule has 0 radical (unpaired) electrons. The summed E-state index contributed by atoms with van der Waals surface area (Å²) >= 11 is 0. The standard InChI is InChI=1S/C26H38F2O/c1-3-5-18-8-10-19(11-9-18)22-16-21-14-15-23(29-26(21)25(28)24(22)27)20-12-6-17(4-2)7-13-20/h16-20,23H,3-15H2,1-2H3. The summed E-state index contributed by atoms with van der Waals surface area (Å²) in [6, 6.07) is 1.95. The molecule has 29 heavy (non-hydrogen) atoms. The highest BCUT2D eigenvalue weighted by atomic mass is 19.2. The van der Waals surface area contributed by atoms with E-state index in [9.17, 15) is 0 Å². The van der Waals surface area contributed by atoms with Crippen molar-refractivity contribution < 1.29 is 13.5 Å². The Hall–Kier alpha value is -1.12. The highest BCUT2D eigenvalue weighted by Crippen LogP contribution is 2.44. The Morgan fingerprint density at radius 2 is 1.55 bits per heavy atom. The summed E-state index contributed by atoms with van der Waals surface area (Å²) in [5, 5.41) is 0. The molecule has 1 atom stereocenters. The van der Waals surface area contributed by atoms with Gasteiger partial charge in [-0.3, -0.25) is 0 Å². The zero-order valence-electron chi connectivity index (χ0n) is 18.3. The lowest BCUT2D eigenvalue weighted by atomic mass is 9.75. The summed E-state index contributed by atoms with van der Waals surface area (Å²) in [4.78, 5) is 0. The maximum absolute atomic E-state index is 15.1. The monoisotopic (exact) mass is 404 g/mol.